The van der Waals surface area contributed by atoms with Crippen LogP contribution in [0.25, 0.3) is 11.5 Å². The summed E-state index contributed by atoms with van der Waals surface area (Å²) >= 11 is 0. The van der Waals surface area contributed by atoms with E-state index in [2.05, 4.69) is 35.8 Å². The molecule has 0 amide bonds. The van der Waals surface area contributed by atoms with Crippen molar-refractivity contribution in [2.24, 2.45) is 0 Å². The molecule has 11 nitrogen and oxygen atoms in total. The van der Waals surface area contributed by atoms with Gasteiger partial charge in [0.25, 0.3) is 5.89 Å². The van der Waals surface area contributed by atoms with Crippen LogP contribution in [0, 0.1) is 6.92 Å². The van der Waals surface area contributed by atoms with Crippen LogP contribution >= 0.6 is 0 Å². The normalized spacial score (nSPS) is 14.8. The minimum atomic E-state index is -0.852. The fourth-order valence-electron chi connectivity index (χ4n) is 3.83. The van der Waals surface area contributed by atoms with E-state index in [1.54, 1.807) is 33.0 Å². The predicted octanol–water partition coefficient (Wildman–Crippen LogP) is 3.52. The molecule has 0 saturated carbocycles. The number of aliphatic hydroxyl groups is 1. The summed E-state index contributed by atoms with van der Waals surface area (Å²) < 4.78 is 11.0. The first-order valence-corrected chi connectivity index (χ1v) is 10.9. The van der Waals surface area contributed by atoms with E-state index in [-0.39, 0.29) is 12.6 Å². The van der Waals surface area contributed by atoms with Crippen LogP contribution in [-0.2, 0) is 10.3 Å². The maximum Gasteiger partial charge on any atom is 0.342 e. The van der Waals surface area contributed by atoms with Crippen LogP contribution in [0.5, 0.6) is 0 Å². The van der Waals surface area contributed by atoms with Crippen molar-refractivity contribution in [1.29, 1.82) is 0 Å². The highest BCUT2D eigenvalue weighted by atomic mass is 16.6. The highest BCUT2D eigenvalue weighted by Gasteiger charge is 2.40. The second kappa shape index (κ2) is 8.76. The molecule has 0 spiro atoms. The Morgan fingerprint density at radius 1 is 1.09 bits per heavy atom. The maximum absolute atomic E-state index is 12.0. The largest absolute Gasteiger partial charge is 0.449 e. The maximum atomic E-state index is 12.0. The molecule has 0 aliphatic carbocycles. The number of benzene rings is 1. The molecule has 35 heavy (non-hydrogen) atoms. The van der Waals surface area contributed by atoms with E-state index in [1.165, 1.54) is 6.20 Å². The summed E-state index contributed by atoms with van der Waals surface area (Å²) in [6, 6.07) is 10.9. The summed E-state index contributed by atoms with van der Waals surface area (Å²) in [6.07, 6.45) is 3.02. The topological polar surface area (TPSA) is 148 Å². The van der Waals surface area contributed by atoms with E-state index in [0.29, 0.717) is 40.1 Å². The smallest absolute Gasteiger partial charge is 0.342 e. The van der Waals surface area contributed by atoms with E-state index >= 15 is 0 Å². The number of nitrogens with zero attached hydrogens (tertiary/aromatic N) is 5. The molecule has 0 unspecified atom stereocenters. The van der Waals surface area contributed by atoms with Gasteiger partial charge in [-0.05, 0) is 19.4 Å². The van der Waals surface area contributed by atoms with E-state index in [0.717, 1.165) is 5.56 Å². The minimum Gasteiger partial charge on any atom is -0.449 e. The van der Waals surface area contributed by atoms with Crippen LogP contribution in [0.4, 0.5) is 17.5 Å². The van der Waals surface area contributed by atoms with Crippen LogP contribution in [0.15, 0.2) is 53.2 Å². The van der Waals surface area contributed by atoms with Crippen molar-refractivity contribution in [3.05, 3.63) is 71.5 Å². The molecule has 0 saturated heterocycles. The summed E-state index contributed by atoms with van der Waals surface area (Å²) in [6.45, 7) is 5.10. The van der Waals surface area contributed by atoms with Gasteiger partial charge in [0.1, 0.15) is 22.7 Å². The number of anilines is 3. The van der Waals surface area contributed by atoms with Gasteiger partial charge in [0.2, 0.25) is 11.8 Å². The number of carbonyl (C=O) groups is 1. The Kier molecular flexibility index (Phi) is 5.61. The monoisotopic (exact) mass is 473 g/mol. The molecule has 0 radical (unpaired) electrons. The lowest BCUT2D eigenvalue weighted by Gasteiger charge is -2.20. The second-order valence-electron chi connectivity index (χ2n) is 8.51. The molecule has 4 heterocycles. The second-order valence-corrected chi connectivity index (χ2v) is 8.51. The van der Waals surface area contributed by atoms with Gasteiger partial charge in [-0.2, -0.15) is 0 Å². The van der Waals surface area contributed by atoms with Crippen molar-refractivity contribution in [3.63, 3.8) is 0 Å². The lowest BCUT2D eigenvalue weighted by molar-refractivity contribution is 0.00834. The number of aliphatic hydroxyl groups excluding tert-OH is 1. The highest BCUT2D eigenvalue weighted by Crippen LogP contribution is 2.35. The molecule has 0 bridgehead atoms. The summed E-state index contributed by atoms with van der Waals surface area (Å²) in [5, 5.41) is 24.5. The zero-order valence-electron chi connectivity index (χ0n) is 19.3. The van der Waals surface area contributed by atoms with Crippen molar-refractivity contribution in [2.45, 2.75) is 32.4 Å². The number of nitrogens with one attached hydrogen (secondary N) is 2. The molecule has 4 aromatic rings. The minimum absolute atomic E-state index is 0.144. The first-order chi connectivity index (χ1) is 16.8. The number of cyclic esters (lactones) is 1. The average molecular weight is 473 g/mol. The van der Waals surface area contributed by atoms with Crippen molar-refractivity contribution >= 4 is 23.4 Å². The zero-order valence-corrected chi connectivity index (χ0v) is 19.3. The molecule has 1 aliphatic heterocycles. The van der Waals surface area contributed by atoms with Gasteiger partial charge in [0.05, 0.1) is 23.9 Å². The number of hydrogen-bond donors (Lipinski definition) is 3. The first-order valence-electron chi connectivity index (χ1n) is 10.9. The lowest BCUT2D eigenvalue weighted by atomic mass is 10.0. The first kappa shape index (κ1) is 22.4. The summed E-state index contributed by atoms with van der Waals surface area (Å²) in [4.78, 5) is 25.2. The zero-order chi connectivity index (χ0) is 24.6. The van der Waals surface area contributed by atoms with E-state index in [4.69, 9.17) is 9.15 Å². The van der Waals surface area contributed by atoms with Gasteiger partial charge in [-0.3, -0.25) is 0 Å². The number of fused-ring (bicyclic) bond motifs is 1. The molecule has 1 aromatic carbocycles. The van der Waals surface area contributed by atoms with Gasteiger partial charge in [0.15, 0.2) is 0 Å². The quantitative estimate of drug-likeness (QED) is 0.338. The molecule has 0 fully saturated rings. The Balaban J connectivity index is 1.50. The fraction of sp³-hybridized carbons (Fsp3) is 0.250. The Labute approximate surface area is 200 Å². The molecule has 3 aromatic heterocycles. The lowest BCUT2D eigenvalue weighted by Crippen LogP contribution is -2.18. The van der Waals surface area contributed by atoms with Crippen molar-refractivity contribution in [1.82, 2.24) is 25.1 Å². The molecular weight excluding hydrogens is 450 g/mol. The predicted molar refractivity (Wildman–Crippen MR) is 126 cm³/mol. The number of hydrogen-bond acceptors (Lipinski definition) is 11. The fourth-order valence-corrected chi connectivity index (χ4v) is 3.83. The molecular formula is C24H23N7O4. The van der Waals surface area contributed by atoms with Gasteiger partial charge in [-0.1, -0.05) is 30.3 Å². The van der Waals surface area contributed by atoms with Crippen LogP contribution in [0.2, 0.25) is 0 Å². The van der Waals surface area contributed by atoms with Gasteiger partial charge >= 0.3 is 5.97 Å². The SMILES string of the molecule is Cc1nnc(-c2cnc(Nc3ncc4c(n3)C(C)(C)OC4=O)cc2N[C@H](CO)c2ccccc2)o1. The number of esters is 1. The average Bonchev–Trinajstić information content (AvgIpc) is 3.37. The number of carbonyl (C=O) groups excluding carboxylic acids is 1. The van der Waals surface area contributed by atoms with Gasteiger partial charge in [-0.25, -0.2) is 19.7 Å². The summed E-state index contributed by atoms with van der Waals surface area (Å²) in [7, 11) is 0. The Bertz CT molecular complexity index is 1390. The van der Waals surface area contributed by atoms with E-state index in [1.807, 2.05) is 30.3 Å². The third kappa shape index (κ3) is 4.41. The third-order valence-electron chi connectivity index (χ3n) is 5.54. The number of rotatable bonds is 7. The molecule has 1 aliphatic rings. The van der Waals surface area contributed by atoms with Crippen LogP contribution in [-0.4, -0.2) is 42.8 Å². The molecule has 1 atom stereocenters. The highest BCUT2D eigenvalue weighted by molar-refractivity contribution is 5.93. The summed E-state index contributed by atoms with van der Waals surface area (Å²) in [5.74, 6) is 0.953. The molecule has 11 heteroatoms. The van der Waals surface area contributed by atoms with Crippen LogP contribution in [0.1, 0.15) is 47.4 Å². The number of aromatic nitrogens is 5. The number of aryl methyl sites for hydroxylation is 1. The van der Waals surface area contributed by atoms with Crippen LogP contribution < -0.4 is 10.6 Å². The van der Waals surface area contributed by atoms with E-state index in [9.17, 15) is 9.90 Å². The van der Waals surface area contributed by atoms with Crippen molar-refractivity contribution in [3.8, 4) is 11.5 Å². The Hall–Kier alpha value is -4.38. The standard InChI is InChI=1S/C24H23N7O4/c1-13-30-31-21(34-13)15-10-25-19(9-17(15)27-18(12-32)14-7-5-4-6-8-14)28-23-26-11-16-20(29-23)24(2,3)35-22(16)33/h4-11,18,32H,12H2,1-3H3,(H2,25,26,27,28,29)/t18-/m1/s1. The molecule has 3 N–H and O–H groups in total. The molecule has 5 rings (SSSR count). The Morgan fingerprint density at radius 3 is 2.57 bits per heavy atom. The van der Waals surface area contributed by atoms with E-state index < -0.39 is 17.6 Å². The third-order valence-corrected chi connectivity index (χ3v) is 5.54. The van der Waals surface area contributed by atoms with Gasteiger partial charge in [-0.15, -0.1) is 10.2 Å². The van der Waals surface area contributed by atoms with Gasteiger partial charge < -0.3 is 24.9 Å². The van der Waals surface area contributed by atoms with Gasteiger partial charge in [0, 0.05) is 25.4 Å². The van der Waals surface area contributed by atoms with Crippen molar-refractivity contribution < 1.29 is 19.1 Å². The molecule has 178 valence electrons. The Morgan fingerprint density at radius 2 is 1.86 bits per heavy atom. The number of ether oxygens (including phenoxy) is 1. The van der Waals surface area contributed by atoms with Crippen LogP contribution in [0.3, 0.4) is 0 Å². The summed E-state index contributed by atoms with van der Waals surface area (Å²) in [5.41, 5.74) is 2.07. The van der Waals surface area contributed by atoms with Crippen molar-refractivity contribution in [2.75, 3.05) is 17.2 Å². The number of pyridine rings is 1.